The van der Waals surface area contributed by atoms with Crippen molar-refractivity contribution in [3.05, 3.63) is 17.8 Å². The fourth-order valence-corrected chi connectivity index (χ4v) is 2.21. The van der Waals surface area contributed by atoms with E-state index in [4.69, 9.17) is 0 Å². The number of anilines is 1. The Kier molecular flexibility index (Phi) is 4.24. The first kappa shape index (κ1) is 14.0. The zero-order valence-corrected chi connectivity index (χ0v) is 10.7. The summed E-state index contributed by atoms with van der Waals surface area (Å²) in [6, 6.07) is 2.39. The minimum atomic E-state index is -4.44. The number of halogens is 3. The van der Waals surface area contributed by atoms with E-state index in [1.165, 1.54) is 18.9 Å². The summed E-state index contributed by atoms with van der Waals surface area (Å²) < 4.78 is 37.0. The van der Waals surface area contributed by atoms with E-state index in [2.05, 4.69) is 20.4 Å². The molecular weight excluding hydrogens is 257 g/mol. The van der Waals surface area contributed by atoms with E-state index in [9.17, 15) is 13.2 Å². The second-order valence-corrected chi connectivity index (χ2v) is 4.85. The SMILES string of the molecule is CC(CN1CCCC1)Nc1ccc(C(F)(F)F)nn1. The molecule has 0 saturated carbocycles. The van der Waals surface area contributed by atoms with E-state index in [1.54, 1.807) is 0 Å². The molecule has 7 heteroatoms. The van der Waals surface area contributed by atoms with Crippen LogP contribution in [0.4, 0.5) is 19.0 Å². The van der Waals surface area contributed by atoms with Crippen molar-refractivity contribution >= 4 is 5.82 Å². The molecular formula is C12H17F3N4. The summed E-state index contributed by atoms with van der Waals surface area (Å²) in [6.07, 6.45) is -2.01. The molecule has 1 aliphatic heterocycles. The lowest BCUT2D eigenvalue weighted by Crippen LogP contribution is -2.33. The van der Waals surface area contributed by atoms with Gasteiger partial charge in [-0.25, -0.2) is 0 Å². The highest BCUT2D eigenvalue weighted by molar-refractivity contribution is 5.34. The summed E-state index contributed by atoms with van der Waals surface area (Å²) >= 11 is 0. The molecule has 19 heavy (non-hydrogen) atoms. The number of nitrogens with zero attached hydrogens (tertiary/aromatic N) is 3. The third kappa shape index (κ3) is 4.05. The molecule has 0 aliphatic carbocycles. The molecule has 1 fully saturated rings. The Labute approximate surface area is 110 Å². The average Bonchev–Trinajstić information content (AvgIpc) is 2.81. The molecule has 1 saturated heterocycles. The minimum Gasteiger partial charge on any atom is -0.365 e. The van der Waals surface area contributed by atoms with Gasteiger partial charge >= 0.3 is 6.18 Å². The molecule has 1 unspecified atom stereocenters. The van der Waals surface area contributed by atoms with Crippen molar-refractivity contribution in [2.75, 3.05) is 25.0 Å². The van der Waals surface area contributed by atoms with Crippen LogP contribution in [0.2, 0.25) is 0 Å². The first-order valence-electron chi connectivity index (χ1n) is 6.35. The van der Waals surface area contributed by atoms with Crippen LogP contribution < -0.4 is 5.32 Å². The van der Waals surface area contributed by atoms with Gasteiger partial charge in [0.2, 0.25) is 0 Å². The zero-order valence-electron chi connectivity index (χ0n) is 10.7. The molecule has 1 atom stereocenters. The Bertz CT molecular complexity index is 398. The fraction of sp³-hybridized carbons (Fsp3) is 0.667. The van der Waals surface area contributed by atoms with Gasteiger partial charge in [-0.3, -0.25) is 0 Å². The number of aromatic nitrogens is 2. The van der Waals surface area contributed by atoms with Gasteiger partial charge in [-0.1, -0.05) is 0 Å². The maximum atomic E-state index is 12.3. The van der Waals surface area contributed by atoms with Crippen LogP contribution >= 0.6 is 0 Å². The van der Waals surface area contributed by atoms with Crippen LogP contribution in [0.15, 0.2) is 12.1 Å². The quantitative estimate of drug-likeness (QED) is 0.915. The Morgan fingerprint density at radius 1 is 1.26 bits per heavy atom. The lowest BCUT2D eigenvalue weighted by atomic mass is 10.3. The third-order valence-electron chi connectivity index (χ3n) is 3.08. The first-order valence-corrected chi connectivity index (χ1v) is 6.35. The van der Waals surface area contributed by atoms with E-state index >= 15 is 0 Å². The smallest absolute Gasteiger partial charge is 0.365 e. The largest absolute Gasteiger partial charge is 0.435 e. The number of nitrogens with one attached hydrogen (secondary N) is 1. The number of hydrogen-bond donors (Lipinski definition) is 1. The average molecular weight is 274 g/mol. The molecule has 106 valence electrons. The van der Waals surface area contributed by atoms with E-state index in [0.717, 1.165) is 25.7 Å². The number of alkyl halides is 3. The molecule has 4 nitrogen and oxygen atoms in total. The molecule has 0 amide bonds. The molecule has 0 radical (unpaired) electrons. The Morgan fingerprint density at radius 2 is 1.95 bits per heavy atom. The summed E-state index contributed by atoms with van der Waals surface area (Å²) in [7, 11) is 0. The molecule has 2 heterocycles. The summed E-state index contributed by atoms with van der Waals surface area (Å²) in [5.74, 6) is 0.375. The van der Waals surface area contributed by atoms with E-state index in [-0.39, 0.29) is 6.04 Å². The van der Waals surface area contributed by atoms with Gasteiger partial charge < -0.3 is 10.2 Å². The van der Waals surface area contributed by atoms with Crippen LogP contribution in [0.25, 0.3) is 0 Å². The van der Waals surface area contributed by atoms with Crippen LogP contribution in [-0.4, -0.2) is 40.8 Å². The van der Waals surface area contributed by atoms with Crippen molar-refractivity contribution in [3.63, 3.8) is 0 Å². The predicted octanol–water partition coefficient (Wildman–Crippen LogP) is 2.39. The van der Waals surface area contributed by atoms with Gasteiger partial charge in [0.15, 0.2) is 5.69 Å². The molecule has 1 aromatic rings. The first-order chi connectivity index (χ1) is 8.95. The molecule has 1 aliphatic rings. The Balaban J connectivity index is 1.88. The zero-order chi connectivity index (χ0) is 13.9. The fourth-order valence-electron chi connectivity index (χ4n) is 2.21. The van der Waals surface area contributed by atoms with Crippen molar-refractivity contribution in [1.29, 1.82) is 0 Å². The van der Waals surface area contributed by atoms with Gasteiger partial charge in [-0.2, -0.15) is 13.2 Å². The van der Waals surface area contributed by atoms with Crippen LogP contribution in [0, 0.1) is 0 Å². The highest BCUT2D eigenvalue weighted by Crippen LogP contribution is 2.27. The summed E-state index contributed by atoms with van der Waals surface area (Å²) in [6.45, 7) is 5.02. The molecule has 0 aromatic carbocycles. The maximum Gasteiger partial charge on any atom is 0.435 e. The molecule has 1 N–H and O–H groups in total. The highest BCUT2D eigenvalue weighted by Gasteiger charge is 2.32. The predicted molar refractivity (Wildman–Crippen MR) is 65.8 cm³/mol. The van der Waals surface area contributed by atoms with Crippen LogP contribution in [0.3, 0.4) is 0 Å². The van der Waals surface area contributed by atoms with Gasteiger partial charge in [0.25, 0.3) is 0 Å². The third-order valence-corrected chi connectivity index (χ3v) is 3.08. The summed E-state index contributed by atoms with van der Waals surface area (Å²) in [5.41, 5.74) is -0.967. The summed E-state index contributed by atoms with van der Waals surface area (Å²) in [5, 5.41) is 9.81. The van der Waals surface area contributed by atoms with Crippen molar-refractivity contribution in [2.24, 2.45) is 0 Å². The van der Waals surface area contributed by atoms with Gasteiger partial charge in [-0.05, 0) is 45.0 Å². The van der Waals surface area contributed by atoms with Crippen LogP contribution in [0.1, 0.15) is 25.5 Å². The highest BCUT2D eigenvalue weighted by atomic mass is 19.4. The van der Waals surface area contributed by atoms with Gasteiger partial charge in [0.05, 0.1) is 0 Å². The van der Waals surface area contributed by atoms with Gasteiger partial charge in [-0.15, -0.1) is 10.2 Å². The summed E-state index contributed by atoms with van der Waals surface area (Å²) in [4.78, 5) is 2.33. The topological polar surface area (TPSA) is 41.0 Å². The Morgan fingerprint density at radius 3 is 2.47 bits per heavy atom. The molecule has 0 spiro atoms. The van der Waals surface area contributed by atoms with Crippen molar-refractivity contribution in [3.8, 4) is 0 Å². The van der Waals surface area contributed by atoms with Crippen molar-refractivity contribution < 1.29 is 13.2 Å². The second-order valence-electron chi connectivity index (χ2n) is 4.85. The second kappa shape index (κ2) is 5.73. The normalized spacial score (nSPS) is 18.5. The lowest BCUT2D eigenvalue weighted by molar-refractivity contribution is -0.141. The molecule has 0 bridgehead atoms. The van der Waals surface area contributed by atoms with E-state index < -0.39 is 11.9 Å². The maximum absolute atomic E-state index is 12.3. The number of likely N-dealkylation sites (tertiary alicyclic amines) is 1. The Hall–Kier alpha value is -1.37. The van der Waals surface area contributed by atoms with E-state index in [0.29, 0.717) is 5.82 Å². The lowest BCUT2D eigenvalue weighted by Gasteiger charge is -2.21. The molecule has 1 aromatic heterocycles. The number of hydrogen-bond acceptors (Lipinski definition) is 4. The van der Waals surface area contributed by atoms with Gasteiger partial charge in [0, 0.05) is 12.6 Å². The van der Waals surface area contributed by atoms with Crippen molar-refractivity contribution in [2.45, 2.75) is 32.0 Å². The van der Waals surface area contributed by atoms with E-state index in [1.807, 2.05) is 6.92 Å². The minimum absolute atomic E-state index is 0.129. The monoisotopic (exact) mass is 274 g/mol. The van der Waals surface area contributed by atoms with Crippen LogP contribution in [-0.2, 0) is 6.18 Å². The van der Waals surface area contributed by atoms with Crippen LogP contribution in [0.5, 0.6) is 0 Å². The molecule has 2 rings (SSSR count). The number of rotatable bonds is 4. The van der Waals surface area contributed by atoms with Crippen molar-refractivity contribution in [1.82, 2.24) is 15.1 Å². The van der Waals surface area contributed by atoms with Gasteiger partial charge in [0.1, 0.15) is 5.82 Å². The standard InChI is InChI=1S/C12H17F3N4/c1-9(8-19-6-2-3-7-19)16-11-5-4-10(17-18-11)12(13,14)15/h4-5,9H,2-3,6-8H2,1H3,(H,16,18).